The standard InChI is InChI=1S/C12H22N2O5/c1-5-19-10(17)8-14(4)11(18)13-12(2,3)7-6-9(15)16/h5-8H2,1-4H3,(H,13,18)(H,15,16). The molecule has 0 aliphatic heterocycles. The molecule has 0 aliphatic carbocycles. The number of nitrogens with one attached hydrogen (secondary N) is 1. The van der Waals surface area contributed by atoms with Gasteiger partial charge in [-0.2, -0.15) is 0 Å². The molecule has 0 bridgehead atoms. The van der Waals surface area contributed by atoms with Gasteiger partial charge in [0.1, 0.15) is 6.54 Å². The van der Waals surface area contributed by atoms with Crippen LogP contribution in [0.2, 0.25) is 0 Å². The predicted molar refractivity (Wildman–Crippen MR) is 68.7 cm³/mol. The molecule has 2 amide bonds. The van der Waals surface area contributed by atoms with Gasteiger partial charge in [-0.25, -0.2) is 4.79 Å². The van der Waals surface area contributed by atoms with E-state index in [4.69, 9.17) is 9.84 Å². The number of carbonyl (C=O) groups is 3. The van der Waals surface area contributed by atoms with Crippen LogP contribution in [0.5, 0.6) is 0 Å². The summed E-state index contributed by atoms with van der Waals surface area (Å²) in [5.74, 6) is -1.40. The lowest BCUT2D eigenvalue weighted by Gasteiger charge is -2.28. The number of rotatable bonds is 7. The lowest BCUT2D eigenvalue weighted by Crippen LogP contribution is -2.50. The molecule has 0 aromatic carbocycles. The minimum absolute atomic E-state index is 0.0329. The number of esters is 1. The smallest absolute Gasteiger partial charge is 0.325 e. The van der Waals surface area contributed by atoms with E-state index in [1.165, 1.54) is 11.9 Å². The number of hydrogen-bond donors (Lipinski definition) is 2. The second-order valence-corrected chi connectivity index (χ2v) is 4.87. The molecule has 0 fully saturated rings. The third-order valence-corrected chi connectivity index (χ3v) is 2.43. The van der Waals surface area contributed by atoms with Crippen molar-refractivity contribution in [1.29, 1.82) is 0 Å². The first-order valence-electron chi connectivity index (χ1n) is 6.08. The van der Waals surface area contributed by atoms with Crippen LogP contribution in [-0.4, -0.2) is 53.7 Å². The second kappa shape index (κ2) is 7.60. The maximum atomic E-state index is 11.8. The number of carbonyl (C=O) groups excluding carboxylic acids is 2. The van der Waals surface area contributed by atoms with Crippen LogP contribution in [0.3, 0.4) is 0 Å². The van der Waals surface area contributed by atoms with Crippen LogP contribution in [0, 0.1) is 0 Å². The van der Waals surface area contributed by atoms with E-state index < -0.39 is 23.5 Å². The van der Waals surface area contributed by atoms with Gasteiger partial charge in [-0.1, -0.05) is 0 Å². The van der Waals surface area contributed by atoms with Gasteiger partial charge in [0.25, 0.3) is 0 Å². The molecule has 0 heterocycles. The highest BCUT2D eigenvalue weighted by molar-refractivity contribution is 5.81. The Hall–Kier alpha value is -1.79. The summed E-state index contributed by atoms with van der Waals surface area (Å²) in [7, 11) is 1.47. The highest BCUT2D eigenvalue weighted by Crippen LogP contribution is 2.11. The van der Waals surface area contributed by atoms with Crippen molar-refractivity contribution < 1.29 is 24.2 Å². The van der Waals surface area contributed by atoms with Gasteiger partial charge in [0.05, 0.1) is 6.61 Å². The Bertz CT molecular complexity index is 341. The quantitative estimate of drug-likeness (QED) is 0.670. The fraction of sp³-hybridized carbons (Fsp3) is 0.750. The lowest BCUT2D eigenvalue weighted by molar-refractivity contribution is -0.143. The number of urea groups is 1. The Morgan fingerprint density at radius 2 is 1.89 bits per heavy atom. The minimum Gasteiger partial charge on any atom is -0.481 e. The highest BCUT2D eigenvalue weighted by atomic mass is 16.5. The maximum absolute atomic E-state index is 11.8. The Labute approximate surface area is 112 Å². The Morgan fingerprint density at radius 1 is 1.32 bits per heavy atom. The zero-order chi connectivity index (χ0) is 15.1. The first kappa shape index (κ1) is 17.2. The first-order chi connectivity index (χ1) is 8.68. The molecule has 7 nitrogen and oxygen atoms in total. The Morgan fingerprint density at radius 3 is 2.37 bits per heavy atom. The number of amides is 2. The molecule has 0 aromatic rings. The fourth-order valence-electron chi connectivity index (χ4n) is 1.34. The van der Waals surface area contributed by atoms with Crippen molar-refractivity contribution in [1.82, 2.24) is 10.2 Å². The van der Waals surface area contributed by atoms with Gasteiger partial charge in [-0.15, -0.1) is 0 Å². The summed E-state index contributed by atoms with van der Waals surface area (Å²) in [5.41, 5.74) is -0.654. The van der Waals surface area contributed by atoms with Crippen molar-refractivity contribution in [2.75, 3.05) is 20.2 Å². The van der Waals surface area contributed by atoms with Crippen molar-refractivity contribution >= 4 is 18.0 Å². The molecule has 2 N–H and O–H groups in total. The number of likely N-dealkylation sites (N-methyl/N-ethyl adjacent to an activating group) is 1. The van der Waals surface area contributed by atoms with Crippen LogP contribution in [0.1, 0.15) is 33.6 Å². The van der Waals surface area contributed by atoms with Gasteiger partial charge in [0.2, 0.25) is 0 Å². The normalized spacial score (nSPS) is 10.7. The molecule has 0 aromatic heterocycles. The molecular weight excluding hydrogens is 252 g/mol. The summed E-state index contributed by atoms with van der Waals surface area (Å²) in [5, 5.41) is 11.3. The minimum atomic E-state index is -0.915. The maximum Gasteiger partial charge on any atom is 0.325 e. The molecule has 0 saturated heterocycles. The van der Waals surface area contributed by atoms with Crippen LogP contribution in [0.4, 0.5) is 4.79 Å². The van der Waals surface area contributed by atoms with Crippen molar-refractivity contribution in [3.8, 4) is 0 Å². The van der Waals surface area contributed by atoms with E-state index in [2.05, 4.69) is 5.32 Å². The SMILES string of the molecule is CCOC(=O)CN(C)C(=O)NC(C)(C)CCC(=O)O. The molecule has 7 heteroatoms. The van der Waals surface area contributed by atoms with E-state index in [0.29, 0.717) is 6.42 Å². The number of hydrogen-bond acceptors (Lipinski definition) is 4. The van der Waals surface area contributed by atoms with Crippen molar-refractivity contribution in [2.24, 2.45) is 0 Å². The van der Waals surface area contributed by atoms with Gasteiger partial charge < -0.3 is 20.1 Å². The zero-order valence-corrected chi connectivity index (χ0v) is 11.9. The number of aliphatic carboxylic acids is 1. The molecule has 0 radical (unpaired) electrons. The van der Waals surface area contributed by atoms with Crippen LogP contribution in [0.15, 0.2) is 0 Å². The van der Waals surface area contributed by atoms with Crippen LogP contribution in [0.25, 0.3) is 0 Å². The monoisotopic (exact) mass is 274 g/mol. The van der Waals surface area contributed by atoms with E-state index >= 15 is 0 Å². The summed E-state index contributed by atoms with van der Waals surface area (Å²) in [6.45, 7) is 5.26. The largest absolute Gasteiger partial charge is 0.481 e. The van der Waals surface area contributed by atoms with Crippen LogP contribution >= 0.6 is 0 Å². The average Bonchev–Trinajstić information content (AvgIpc) is 2.26. The van der Waals surface area contributed by atoms with Crippen molar-refractivity contribution in [2.45, 2.75) is 39.2 Å². The van der Waals surface area contributed by atoms with E-state index in [-0.39, 0.29) is 19.6 Å². The summed E-state index contributed by atoms with van der Waals surface area (Å²) < 4.78 is 4.73. The van der Waals surface area contributed by atoms with Gasteiger partial charge in [-0.05, 0) is 27.2 Å². The van der Waals surface area contributed by atoms with Gasteiger partial charge in [0, 0.05) is 19.0 Å². The van der Waals surface area contributed by atoms with Crippen LogP contribution in [-0.2, 0) is 14.3 Å². The Kier molecular flexibility index (Phi) is 6.89. The molecule has 110 valence electrons. The summed E-state index contributed by atoms with van der Waals surface area (Å²) in [4.78, 5) is 34.7. The van der Waals surface area contributed by atoms with Crippen LogP contribution < -0.4 is 5.32 Å². The van der Waals surface area contributed by atoms with Gasteiger partial charge >= 0.3 is 18.0 Å². The van der Waals surface area contributed by atoms with Gasteiger partial charge in [0.15, 0.2) is 0 Å². The summed E-state index contributed by atoms with van der Waals surface area (Å²) >= 11 is 0. The van der Waals surface area contributed by atoms with E-state index in [0.717, 1.165) is 0 Å². The Balaban J connectivity index is 4.26. The van der Waals surface area contributed by atoms with Crippen molar-refractivity contribution in [3.05, 3.63) is 0 Å². The zero-order valence-electron chi connectivity index (χ0n) is 11.9. The van der Waals surface area contributed by atoms with Gasteiger partial charge in [-0.3, -0.25) is 9.59 Å². The van der Waals surface area contributed by atoms with E-state index in [1.54, 1.807) is 20.8 Å². The topological polar surface area (TPSA) is 95.9 Å². The molecule has 0 unspecified atom stereocenters. The number of nitrogens with zero attached hydrogens (tertiary/aromatic N) is 1. The molecule has 0 aliphatic rings. The molecule has 0 rings (SSSR count). The first-order valence-corrected chi connectivity index (χ1v) is 6.08. The fourth-order valence-corrected chi connectivity index (χ4v) is 1.34. The highest BCUT2D eigenvalue weighted by Gasteiger charge is 2.24. The molecular formula is C12H22N2O5. The third kappa shape index (κ3) is 8.01. The number of ether oxygens (including phenoxy) is 1. The second-order valence-electron chi connectivity index (χ2n) is 4.87. The molecule has 0 spiro atoms. The molecule has 0 saturated carbocycles. The summed E-state index contributed by atoms with van der Waals surface area (Å²) in [6, 6.07) is -0.441. The van der Waals surface area contributed by atoms with Crippen molar-refractivity contribution in [3.63, 3.8) is 0 Å². The predicted octanol–water partition coefficient (Wildman–Crippen LogP) is 0.834. The number of carboxylic acids is 1. The summed E-state index contributed by atoms with van der Waals surface area (Å²) in [6.07, 6.45) is 0.274. The molecule has 19 heavy (non-hydrogen) atoms. The lowest BCUT2D eigenvalue weighted by atomic mass is 9.99. The molecule has 0 atom stereocenters. The number of carboxylic acid groups (broad SMARTS) is 1. The average molecular weight is 274 g/mol. The van der Waals surface area contributed by atoms with E-state index in [9.17, 15) is 14.4 Å². The van der Waals surface area contributed by atoms with E-state index in [1.807, 2.05) is 0 Å². The third-order valence-electron chi connectivity index (χ3n) is 2.43.